The van der Waals surface area contributed by atoms with Gasteiger partial charge in [0.15, 0.2) is 0 Å². The normalized spacial score (nSPS) is 11.6. The van der Waals surface area contributed by atoms with E-state index >= 15 is 0 Å². The molecule has 1 aliphatic rings. The first-order valence-corrected chi connectivity index (χ1v) is 8.35. The van der Waals surface area contributed by atoms with Crippen molar-refractivity contribution in [1.82, 2.24) is 0 Å². The second kappa shape index (κ2) is 11.0. The third-order valence-corrected chi connectivity index (χ3v) is 4.06. The summed E-state index contributed by atoms with van der Waals surface area (Å²) >= 11 is 0. The number of esters is 2. The summed E-state index contributed by atoms with van der Waals surface area (Å²) in [4.78, 5) is 41.7. The van der Waals surface area contributed by atoms with E-state index in [0.717, 1.165) is 0 Å². The number of hydrogen-bond donors (Lipinski definition) is 1. The molecule has 0 saturated heterocycles. The van der Waals surface area contributed by atoms with Gasteiger partial charge in [0, 0.05) is 0 Å². The molecule has 13 heteroatoms. The van der Waals surface area contributed by atoms with Gasteiger partial charge in [0.1, 0.15) is 0 Å². The van der Waals surface area contributed by atoms with Crippen molar-refractivity contribution >= 4 is 34.0 Å². The topological polar surface area (TPSA) is 178 Å². The Kier molecular flexibility index (Phi) is 10.4. The van der Waals surface area contributed by atoms with Gasteiger partial charge >= 0.3 is 71.1 Å². The molecule has 2 aromatic rings. The molecular weight excluding hydrogens is 430 g/mol. The number of benzene rings is 2. The van der Waals surface area contributed by atoms with Crippen molar-refractivity contribution in [2.45, 2.75) is 4.90 Å². The molecule has 1 aliphatic heterocycles. The summed E-state index contributed by atoms with van der Waals surface area (Å²) in [5.41, 5.74) is -0.654. The SMILES string of the molecule is O=C([O-])c1cc(C(=O)[O-])cc(S(=O)(=O)O)c1.O=C1OC(=O)c2ccccc21.[Na+].[Na+]. The summed E-state index contributed by atoms with van der Waals surface area (Å²) in [7, 11) is -4.70. The van der Waals surface area contributed by atoms with Crippen LogP contribution in [0.3, 0.4) is 0 Å². The van der Waals surface area contributed by atoms with Gasteiger partial charge in [-0.2, -0.15) is 8.42 Å². The largest absolute Gasteiger partial charge is 1.00 e. The minimum atomic E-state index is -4.70. The first-order valence-electron chi connectivity index (χ1n) is 6.91. The summed E-state index contributed by atoms with van der Waals surface area (Å²) in [6.45, 7) is 0. The summed E-state index contributed by atoms with van der Waals surface area (Å²) < 4.78 is 34.4. The quantitative estimate of drug-likeness (QED) is 0.209. The second-order valence-corrected chi connectivity index (χ2v) is 6.44. The van der Waals surface area contributed by atoms with E-state index in [4.69, 9.17) is 4.55 Å². The molecule has 0 amide bonds. The third-order valence-electron chi connectivity index (χ3n) is 3.23. The first-order chi connectivity index (χ1) is 12.5. The van der Waals surface area contributed by atoms with E-state index in [1.165, 1.54) is 0 Å². The minimum Gasteiger partial charge on any atom is -0.545 e. The molecule has 0 bridgehead atoms. The Bertz CT molecular complexity index is 1010. The summed E-state index contributed by atoms with van der Waals surface area (Å²) in [5, 5.41) is 20.9. The number of rotatable bonds is 3. The monoisotopic (exact) mass is 438 g/mol. The van der Waals surface area contributed by atoms with E-state index in [1.807, 2.05) is 0 Å². The van der Waals surface area contributed by atoms with Crippen LogP contribution < -0.4 is 69.3 Å². The zero-order chi connectivity index (χ0) is 20.4. The predicted octanol–water partition coefficient (Wildman–Crippen LogP) is -7.33. The van der Waals surface area contributed by atoms with Crippen LogP contribution >= 0.6 is 0 Å². The number of carbonyl (C=O) groups is 4. The smallest absolute Gasteiger partial charge is 0.545 e. The van der Waals surface area contributed by atoms with Crippen LogP contribution in [0.25, 0.3) is 0 Å². The van der Waals surface area contributed by atoms with Crippen molar-refractivity contribution in [2.75, 3.05) is 0 Å². The molecular formula is C16H8Na2O10S. The van der Waals surface area contributed by atoms with Crippen LogP contribution in [0, 0.1) is 0 Å². The van der Waals surface area contributed by atoms with Crippen LogP contribution in [-0.4, -0.2) is 36.8 Å². The first kappa shape index (κ1) is 27.4. The molecule has 140 valence electrons. The zero-order valence-corrected chi connectivity index (χ0v) is 19.9. The molecule has 0 aliphatic carbocycles. The van der Waals surface area contributed by atoms with Crippen LogP contribution in [0.2, 0.25) is 0 Å². The van der Waals surface area contributed by atoms with Gasteiger partial charge in [-0.1, -0.05) is 12.1 Å². The Hall–Kier alpha value is -1.57. The molecule has 1 heterocycles. The number of carbonyl (C=O) groups excluding carboxylic acids is 4. The average Bonchev–Trinajstić information content (AvgIpc) is 2.89. The van der Waals surface area contributed by atoms with Crippen LogP contribution in [0.15, 0.2) is 47.4 Å². The van der Waals surface area contributed by atoms with Crippen molar-refractivity contribution in [2.24, 2.45) is 0 Å². The molecule has 0 unspecified atom stereocenters. The summed E-state index contributed by atoms with van der Waals surface area (Å²) in [6, 6.07) is 8.36. The van der Waals surface area contributed by atoms with Crippen molar-refractivity contribution in [3.63, 3.8) is 0 Å². The number of hydrogen-bond acceptors (Lipinski definition) is 9. The van der Waals surface area contributed by atoms with Crippen LogP contribution in [0.5, 0.6) is 0 Å². The maximum absolute atomic E-state index is 10.8. The van der Waals surface area contributed by atoms with Gasteiger partial charge < -0.3 is 24.5 Å². The maximum atomic E-state index is 10.8. The standard InChI is InChI=1S/C8H6O7S.C8H4O3.2Na/c9-7(10)4-1-5(8(11)12)3-6(2-4)16(13,14)15;9-7-5-3-1-2-4-6(5)8(10)11-7;;/h1-3H,(H,9,10)(H,11,12)(H,13,14,15);1-4H;;/q;;2*+1/p-2. The van der Waals surface area contributed by atoms with E-state index in [-0.39, 0.29) is 59.1 Å². The van der Waals surface area contributed by atoms with Gasteiger partial charge in [-0.05, 0) is 41.5 Å². The molecule has 2 aromatic carbocycles. The molecule has 0 saturated carbocycles. The molecule has 0 aromatic heterocycles. The van der Waals surface area contributed by atoms with E-state index in [9.17, 15) is 37.8 Å². The van der Waals surface area contributed by atoms with Crippen LogP contribution in [0.4, 0.5) is 0 Å². The zero-order valence-electron chi connectivity index (χ0n) is 15.1. The van der Waals surface area contributed by atoms with Gasteiger partial charge in [0.05, 0.1) is 28.0 Å². The molecule has 29 heavy (non-hydrogen) atoms. The fraction of sp³-hybridized carbons (Fsp3) is 0. The summed E-state index contributed by atoms with van der Waals surface area (Å²) in [6.07, 6.45) is 0. The van der Waals surface area contributed by atoms with E-state index < -0.39 is 50.0 Å². The fourth-order valence-corrected chi connectivity index (χ4v) is 2.57. The van der Waals surface area contributed by atoms with Gasteiger partial charge in [0.25, 0.3) is 10.1 Å². The van der Waals surface area contributed by atoms with Gasteiger partial charge in [-0.3, -0.25) is 4.55 Å². The van der Waals surface area contributed by atoms with Crippen molar-refractivity contribution in [3.05, 3.63) is 64.7 Å². The number of aromatic carboxylic acids is 2. The van der Waals surface area contributed by atoms with Crippen molar-refractivity contribution < 1.29 is 106 Å². The van der Waals surface area contributed by atoms with Gasteiger partial charge in [-0.25, -0.2) is 9.59 Å². The Morgan fingerprint density at radius 3 is 1.52 bits per heavy atom. The number of ether oxygens (including phenoxy) is 1. The molecule has 0 radical (unpaired) electrons. The van der Waals surface area contributed by atoms with Crippen molar-refractivity contribution in [3.8, 4) is 0 Å². The predicted molar refractivity (Wildman–Crippen MR) is 81.1 cm³/mol. The average molecular weight is 438 g/mol. The van der Waals surface area contributed by atoms with Gasteiger partial charge in [-0.15, -0.1) is 0 Å². The molecule has 0 fully saturated rings. The number of cyclic esters (lactones) is 2. The Labute approximate surface area is 208 Å². The third kappa shape index (κ3) is 7.01. The number of carboxylic acids is 2. The van der Waals surface area contributed by atoms with E-state index in [1.54, 1.807) is 24.3 Å². The Morgan fingerprint density at radius 1 is 0.828 bits per heavy atom. The number of fused-ring (bicyclic) bond motifs is 1. The molecule has 0 spiro atoms. The van der Waals surface area contributed by atoms with Crippen LogP contribution in [-0.2, 0) is 14.9 Å². The Balaban J connectivity index is 0.000000531. The Morgan fingerprint density at radius 2 is 1.21 bits per heavy atom. The molecule has 0 atom stereocenters. The number of carboxylic acid groups (broad SMARTS) is 2. The maximum Gasteiger partial charge on any atom is 1.00 e. The molecule has 3 rings (SSSR count). The molecule has 1 N–H and O–H groups in total. The molecule has 10 nitrogen and oxygen atoms in total. The second-order valence-electron chi connectivity index (χ2n) is 5.02. The summed E-state index contributed by atoms with van der Waals surface area (Å²) in [5.74, 6) is -4.64. The van der Waals surface area contributed by atoms with Crippen molar-refractivity contribution in [1.29, 1.82) is 0 Å². The van der Waals surface area contributed by atoms with E-state index in [0.29, 0.717) is 29.3 Å². The van der Waals surface area contributed by atoms with Crippen LogP contribution in [0.1, 0.15) is 41.4 Å². The van der Waals surface area contributed by atoms with E-state index in [2.05, 4.69) is 4.74 Å². The fourth-order valence-electron chi connectivity index (χ4n) is 2.02. The minimum absolute atomic E-state index is 0. The van der Waals surface area contributed by atoms with Gasteiger partial charge in [0.2, 0.25) is 0 Å².